The van der Waals surface area contributed by atoms with Crippen LogP contribution in [0, 0.1) is 0 Å². The van der Waals surface area contributed by atoms with Crippen molar-refractivity contribution in [2.24, 2.45) is 10.7 Å². The first-order valence-electron chi connectivity index (χ1n) is 5.50. The number of halogens is 1. The van der Waals surface area contributed by atoms with Crippen molar-refractivity contribution in [1.29, 1.82) is 0 Å². The van der Waals surface area contributed by atoms with Crippen LogP contribution in [0.2, 0.25) is 5.02 Å². The molecule has 0 aliphatic heterocycles. The second-order valence-electron chi connectivity index (χ2n) is 3.75. The van der Waals surface area contributed by atoms with Crippen LogP contribution in [0.5, 0.6) is 5.75 Å². The highest BCUT2D eigenvalue weighted by atomic mass is 35.5. The zero-order valence-electron chi connectivity index (χ0n) is 10.7. The Kier molecular flexibility index (Phi) is 6.15. The molecule has 0 radical (unpaired) electrons. The third-order valence-electron chi connectivity index (χ3n) is 2.35. The standard InChI is InChI=1S/C12H18ClN3OS/c1-8(18-3)7-15-12(14)16-9-4-5-11(17-2)10(13)6-9/h4-6,8H,7H2,1-3H3,(H3,14,15,16). The molecule has 1 aromatic rings. The summed E-state index contributed by atoms with van der Waals surface area (Å²) in [5.41, 5.74) is 6.58. The van der Waals surface area contributed by atoms with Gasteiger partial charge in [0.2, 0.25) is 0 Å². The monoisotopic (exact) mass is 287 g/mol. The van der Waals surface area contributed by atoms with Crippen molar-refractivity contribution < 1.29 is 4.74 Å². The van der Waals surface area contributed by atoms with E-state index in [1.165, 1.54) is 0 Å². The summed E-state index contributed by atoms with van der Waals surface area (Å²) in [6.45, 7) is 2.79. The molecule has 0 fully saturated rings. The van der Waals surface area contributed by atoms with Gasteiger partial charge in [-0.25, -0.2) is 0 Å². The predicted octanol–water partition coefficient (Wildman–Crippen LogP) is 2.83. The highest BCUT2D eigenvalue weighted by Gasteiger charge is 2.03. The molecule has 6 heteroatoms. The second kappa shape index (κ2) is 7.38. The highest BCUT2D eigenvalue weighted by molar-refractivity contribution is 7.99. The van der Waals surface area contributed by atoms with Crippen LogP contribution < -0.4 is 15.8 Å². The van der Waals surface area contributed by atoms with Crippen LogP contribution in [0.15, 0.2) is 23.2 Å². The summed E-state index contributed by atoms with van der Waals surface area (Å²) < 4.78 is 5.07. The maximum atomic E-state index is 6.01. The minimum atomic E-state index is 0.386. The lowest BCUT2D eigenvalue weighted by atomic mass is 10.3. The molecule has 4 nitrogen and oxygen atoms in total. The molecule has 0 saturated carbocycles. The fourth-order valence-corrected chi connectivity index (χ4v) is 1.71. The Morgan fingerprint density at radius 3 is 2.89 bits per heavy atom. The zero-order chi connectivity index (χ0) is 13.5. The summed E-state index contributed by atoms with van der Waals surface area (Å²) in [4.78, 5) is 4.25. The molecule has 0 aliphatic rings. The maximum absolute atomic E-state index is 6.01. The molecule has 0 spiro atoms. The zero-order valence-corrected chi connectivity index (χ0v) is 12.3. The van der Waals surface area contributed by atoms with E-state index >= 15 is 0 Å². The van der Waals surface area contributed by atoms with Crippen LogP contribution >= 0.6 is 23.4 Å². The van der Waals surface area contributed by atoms with Crippen LogP contribution in [0.1, 0.15) is 6.92 Å². The SMILES string of the molecule is COc1ccc(NC(N)=NCC(C)SC)cc1Cl. The van der Waals surface area contributed by atoms with Crippen molar-refractivity contribution in [2.75, 3.05) is 25.2 Å². The number of ether oxygens (including phenoxy) is 1. The number of methoxy groups -OCH3 is 1. The van der Waals surface area contributed by atoms with Crippen molar-refractivity contribution in [3.63, 3.8) is 0 Å². The van der Waals surface area contributed by atoms with Gasteiger partial charge in [-0.3, -0.25) is 4.99 Å². The largest absolute Gasteiger partial charge is 0.495 e. The van der Waals surface area contributed by atoms with Gasteiger partial charge in [-0.05, 0) is 24.5 Å². The van der Waals surface area contributed by atoms with E-state index in [0.717, 1.165) is 5.69 Å². The number of nitrogens with two attached hydrogens (primary N) is 1. The molecular weight excluding hydrogens is 270 g/mol. The Hall–Kier alpha value is -1.07. The normalized spacial score (nSPS) is 13.2. The van der Waals surface area contributed by atoms with Crippen LogP contribution in [0.4, 0.5) is 5.69 Å². The van der Waals surface area contributed by atoms with Crippen LogP contribution in [-0.4, -0.2) is 31.1 Å². The van der Waals surface area contributed by atoms with Crippen molar-refractivity contribution in [3.8, 4) is 5.75 Å². The number of hydrogen-bond donors (Lipinski definition) is 2. The minimum absolute atomic E-state index is 0.386. The van der Waals surface area contributed by atoms with Gasteiger partial charge in [0.25, 0.3) is 0 Å². The number of thioether (sulfide) groups is 1. The van der Waals surface area contributed by atoms with Crippen LogP contribution in [0.25, 0.3) is 0 Å². The third-order valence-corrected chi connectivity index (χ3v) is 3.59. The summed E-state index contributed by atoms with van der Waals surface area (Å²) >= 11 is 7.77. The van der Waals surface area contributed by atoms with Gasteiger partial charge in [0.1, 0.15) is 5.75 Å². The number of benzene rings is 1. The molecule has 1 aromatic carbocycles. The van der Waals surface area contributed by atoms with Gasteiger partial charge in [-0.1, -0.05) is 18.5 Å². The van der Waals surface area contributed by atoms with E-state index in [4.69, 9.17) is 22.1 Å². The molecule has 0 heterocycles. The first kappa shape index (κ1) is 15.0. The van der Waals surface area contributed by atoms with E-state index < -0.39 is 0 Å². The van der Waals surface area contributed by atoms with E-state index in [1.807, 2.05) is 12.3 Å². The quantitative estimate of drug-likeness (QED) is 0.646. The van der Waals surface area contributed by atoms with Crippen molar-refractivity contribution in [3.05, 3.63) is 23.2 Å². The maximum Gasteiger partial charge on any atom is 0.193 e. The first-order chi connectivity index (χ1) is 8.56. The molecule has 3 N–H and O–H groups in total. The van der Waals surface area contributed by atoms with Crippen molar-refractivity contribution >= 4 is 35.0 Å². The lowest BCUT2D eigenvalue weighted by molar-refractivity contribution is 0.415. The summed E-state index contributed by atoms with van der Waals surface area (Å²) in [5.74, 6) is 1.02. The molecule has 1 unspecified atom stereocenters. The second-order valence-corrected chi connectivity index (χ2v) is 5.43. The molecule has 100 valence electrons. The van der Waals surface area contributed by atoms with Crippen LogP contribution in [0.3, 0.4) is 0 Å². The van der Waals surface area contributed by atoms with Gasteiger partial charge in [0.15, 0.2) is 5.96 Å². The van der Waals surface area contributed by atoms with E-state index in [2.05, 4.69) is 17.2 Å². The number of guanidine groups is 1. The summed E-state index contributed by atoms with van der Waals surface area (Å²) in [7, 11) is 1.58. The van der Waals surface area contributed by atoms with Gasteiger partial charge in [-0.15, -0.1) is 0 Å². The lowest BCUT2D eigenvalue weighted by Gasteiger charge is -2.09. The van der Waals surface area contributed by atoms with E-state index in [1.54, 1.807) is 31.0 Å². The van der Waals surface area contributed by atoms with Gasteiger partial charge in [0.05, 0.1) is 18.7 Å². The number of hydrogen-bond acceptors (Lipinski definition) is 3. The topological polar surface area (TPSA) is 59.6 Å². The molecule has 0 bridgehead atoms. The Balaban J connectivity index is 2.64. The minimum Gasteiger partial charge on any atom is -0.495 e. The van der Waals surface area contributed by atoms with Crippen molar-refractivity contribution in [2.45, 2.75) is 12.2 Å². The van der Waals surface area contributed by atoms with Gasteiger partial charge >= 0.3 is 0 Å². The van der Waals surface area contributed by atoms with E-state index in [9.17, 15) is 0 Å². The van der Waals surface area contributed by atoms with E-state index in [0.29, 0.717) is 28.5 Å². The van der Waals surface area contributed by atoms with Gasteiger partial charge < -0.3 is 15.8 Å². The third kappa shape index (κ3) is 4.66. The van der Waals surface area contributed by atoms with E-state index in [-0.39, 0.29) is 0 Å². The summed E-state index contributed by atoms with van der Waals surface area (Å²) in [6, 6.07) is 5.37. The molecule has 0 aromatic heterocycles. The number of aliphatic imine (C=N–C) groups is 1. The van der Waals surface area contributed by atoms with Gasteiger partial charge in [-0.2, -0.15) is 11.8 Å². The number of nitrogens with one attached hydrogen (secondary N) is 1. The molecule has 1 rings (SSSR count). The lowest BCUT2D eigenvalue weighted by Crippen LogP contribution is -2.23. The smallest absolute Gasteiger partial charge is 0.193 e. The molecule has 18 heavy (non-hydrogen) atoms. The Labute approximate surface area is 117 Å². The fourth-order valence-electron chi connectivity index (χ4n) is 1.23. The number of nitrogens with zero attached hydrogens (tertiary/aromatic N) is 1. The highest BCUT2D eigenvalue weighted by Crippen LogP contribution is 2.26. The Morgan fingerprint density at radius 2 is 2.33 bits per heavy atom. The molecule has 0 amide bonds. The van der Waals surface area contributed by atoms with Gasteiger partial charge in [0, 0.05) is 10.9 Å². The van der Waals surface area contributed by atoms with Crippen LogP contribution in [-0.2, 0) is 0 Å². The first-order valence-corrected chi connectivity index (χ1v) is 7.16. The Bertz CT molecular complexity index is 426. The average Bonchev–Trinajstić information content (AvgIpc) is 2.36. The molecular formula is C12H18ClN3OS. The number of anilines is 1. The van der Waals surface area contributed by atoms with Crippen molar-refractivity contribution in [1.82, 2.24) is 0 Å². The molecule has 1 atom stereocenters. The summed E-state index contributed by atoms with van der Waals surface area (Å²) in [5, 5.41) is 3.98. The predicted molar refractivity (Wildman–Crippen MR) is 81.1 cm³/mol. The summed E-state index contributed by atoms with van der Waals surface area (Å²) in [6.07, 6.45) is 2.05. The molecule has 0 saturated heterocycles. The average molecular weight is 288 g/mol. The fraction of sp³-hybridized carbons (Fsp3) is 0.417. The number of rotatable bonds is 5. The molecule has 0 aliphatic carbocycles. The Morgan fingerprint density at radius 1 is 1.61 bits per heavy atom.